The zero-order valence-electron chi connectivity index (χ0n) is 9.61. The van der Waals surface area contributed by atoms with Gasteiger partial charge in [0.1, 0.15) is 0 Å². The van der Waals surface area contributed by atoms with Gasteiger partial charge in [0.15, 0.2) is 0 Å². The molecule has 0 aliphatic carbocycles. The number of para-hydroxylation sites is 1. The smallest absolute Gasteiger partial charge is 0.0735 e. The van der Waals surface area contributed by atoms with Crippen LogP contribution in [0.3, 0.4) is 0 Å². The Morgan fingerprint density at radius 1 is 1.25 bits per heavy atom. The van der Waals surface area contributed by atoms with Crippen molar-refractivity contribution in [2.24, 2.45) is 7.05 Å². The SMILES string of the molecule is Cn1nc(C2CCNCC2)c2ccccc21. The van der Waals surface area contributed by atoms with Crippen molar-refractivity contribution in [3.63, 3.8) is 0 Å². The zero-order valence-corrected chi connectivity index (χ0v) is 9.61. The summed E-state index contributed by atoms with van der Waals surface area (Å²) in [6.45, 7) is 2.24. The Balaban J connectivity index is 2.08. The maximum atomic E-state index is 4.70. The van der Waals surface area contributed by atoms with Gasteiger partial charge in [0.2, 0.25) is 0 Å². The molecule has 1 N–H and O–H groups in total. The number of nitrogens with one attached hydrogen (secondary N) is 1. The molecule has 2 heterocycles. The first kappa shape index (κ1) is 9.85. The fourth-order valence-corrected chi connectivity index (χ4v) is 2.64. The number of nitrogens with zero attached hydrogens (tertiary/aromatic N) is 2. The third-order valence-corrected chi connectivity index (χ3v) is 3.51. The minimum atomic E-state index is 0.632. The first-order valence-electron chi connectivity index (χ1n) is 5.98. The summed E-state index contributed by atoms with van der Waals surface area (Å²) in [7, 11) is 2.03. The van der Waals surface area contributed by atoms with Gasteiger partial charge >= 0.3 is 0 Å². The Kier molecular flexibility index (Phi) is 2.40. The summed E-state index contributed by atoms with van der Waals surface area (Å²) in [5, 5.41) is 9.44. The number of aryl methyl sites for hydroxylation is 1. The second-order valence-electron chi connectivity index (χ2n) is 4.55. The topological polar surface area (TPSA) is 29.9 Å². The van der Waals surface area contributed by atoms with Gasteiger partial charge in [0.25, 0.3) is 0 Å². The van der Waals surface area contributed by atoms with Gasteiger partial charge in [-0.15, -0.1) is 0 Å². The minimum absolute atomic E-state index is 0.632. The van der Waals surface area contributed by atoms with E-state index in [1.807, 2.05) is 11.7 Å². The Bertz CT molecular complexity index is 495. The van der Waals surface area contributed by atoms with E-state index < -0.39 is 0 Å². The average Bonchev–Trinajstić information content (AvgIpc) is 2.69. The van der Waals surface area contributed by atoms with E-state index >= 15 is 0 Å². The quantitative estimate of drug-likeness (QED) is 0.789. The normalized spacial score (nSPS) is 18.1. The lowest BCUT2D eigenvalue weighted by atomic mass is 9.93. The Hall–Kier alpha value is -1.35. The average molecular weight is 215 g/mol. The van der Waals surface area contributed by atoms with E-state index in [0.29, 0.717) is 5.92 Å². The van der Waals surface area contributed by atoms with Crippen LogP contribution in [0.1, 0.15) is 24.5 Å². The maximum absolute atomic E-state index is 4.70. The van der Waals surface area contributed by atoms with Gasteiger partial charge in [-0.05, 0) is 32.0 Å². The molecule has 0 saturated carbocycles. The molecule has 0 bridgehead atoms. The Labute approximate surface area is 95.5 Å². The molecular formula is C13H17N3. The van der Waals surface area contributed by atoms with Crippen molar-refractivity contribution in [1.29, 1.82) is 0 Å². The number of benzene rings is 1. The summed E-state index contributed by atoms with van der Waals surface area (Å²) in [5.41, 5.74) is 2.54. The van der Waals surface area contributed by atoms with Gasteiger partial charge in [-0.1, -0.05) is 18.2 Å². The van der Waals surface area contributed by atoms with E-state index in [1.165, 1.54) is 29.4 Å². The van der Waals surface area contributed by atoms with Crippen LogP contribution in [0.4, 0.5) is 0 Å². The number of hydrogen-bond donors (Lipinski definition) is 1. The molecule has 0 spiro atoms. The van der Waals surface area contributed by atoms with Gasteiger partial charge < -0.3 is 5.32 Å². The molecule has 84 valence electrons. The van der Waals surface area contributed by atoms with E-state index in [1.54, 1.807) is 0 Å². The molecule has 1 aromatic carbocycles. The second kappa shape index (κ2) is 3.91. The summed E-state index contributed by atoms with van der Waals surface area (Å²) < 4.78 is 2.01. The molecule has 0 radical (unpaired) electrons. The molecule has 0 amide bonds. The highest BCUT2D eigenvalue weighted by Gasteiger charge is 2.20. The van der Waals surface area contributed by atoms with Crippen molar-refractivity contribution in [2.45, 2.75) is 18.8 Å². The van der Waals surface area contributed by atoms with Crippen molar-refractivity contribution < 1.29 is 0 Å². The van der Waals surface area contributed by atoms with E-state index in [9.17, 15) is 0 Å². The molecule has 1 aliphatic heterocycles. The largest absolute Gasteiger partial charge is 0.317 e. The van der Waals surface area contributed by atoms with Crippen LogP contribution in [0, 0.1) is 0 Å². The first-order valence-corrected chi connectivity index (χ1v) is 5.98. The lowest BCUT2D eigenvalue weighted by Gasteiger charge is -2.21. The Morgan fingerprint density at radius 3 is 2.81 bits per heavy atom. The summed E-state index contributed by atoms with van der Waals surface area (Å²) in [6, 6.07) is 8.53. The van der Waals surface area contributed by atoms with Crippen molar-refractivity contribution in [3.05, 3.63) is 30.0 Å². The molecule has 3 nitrogen and oxygen atoms in total. The van der Waals surface area contributed by atoms with Crippen molar-refractivity contribution in [1.82, 2.24) is 15.1 Å². The van der Waals surface area contributed by atoms with Crippen LogP contribution in [0.2, 0.25) is 0 Å². The van der Waals surface area contributed by atoms with Crippen molar-refractivity contribution >= 4 is 10.9 Å². The summed E-state index contributed by atoms with van der Waals surface area (Å²) in [6.07, 6.45) is 2.42. The summed E-state index contributed by atoms with van der Waals surface area (Å²) >= 11 is 0. The van der Waals surface area contributed by atoms with Gasteiger partial charge in [0.05, 0.1) is 11.2 Å². The molecule has 0 atom stereocenters. The van der Waals surface area contributed by atoms with Gasteiger partial charge in [0, 0.05) is 18.4 Å². The van der Waals surface area contributed by atoms with Crippen molar-refractivity contribution in [2.75, 3.05) is 13.1 Å². The number of hydrogen-bond acceptors (Lipinski definition) is 2. The highest BCUT2D eigenvalue weighted by atomic mass is 15.3. The molecule has 1 saturated heterocycles. The fraction of sp³-hybridized carbons (Fsp3) is 0.462. The predicted octanol–water partition coefficient (Wildman–Crippen LogP) is 2.04. The van der Waals surface area contributed by atoms with Gasteiger partial charge in [-0.2, -0.15) is 5.10 Å². The van der Waals surface area contributed by atoms with Crippen LogP contribution in [0.25, 0.3) is 10.9 Å². The number of rotatable bonds is 1. The number of piperidine rings is 1. The number of fused-ring (bicyclic) bond motifs is 1. The third-order valence-electron chi connectivity index (χ3n) is 3.51. The molecule has 0 unspecified atom stereocenters. The van der Waals surface area contributed by atoms with E-state index in [4.69, 9.17) is 5.10 Å². The van der Waals surface area contributed by atoms with E-state index in [2.05, 4.69) is 29.6 Å². The maximum Gasteiger partial charge on any atom is 0.0735 e. The Morgan fingerprint density at radius 2 is 2.00 bits per heavy atom. The highest BCUT2D eigenvalue weighted by Crippen LogP contribution is 2.30. The molecule has 3 rings (SSSR count). The highest BCUT2D eigenvalue weighted by molar-refractivity contribution is 5.82. The first-order chi connectivity index (χ1) is 7.86. The van der Waals surface area contributed by atoms with Crippen LogP contribution in [-0.4, -0.2) is 22.9 Å². The van der Waals surface area contributed by atoms with Crippen LogP contribution in [0.5, 0.6) is 0 Å². The lowest BCUT2D eigenvalue weighted by Crippen LogP contribution is -2.26. The number of aromatic nitrogens is 2. The molecule has 3 heteroatoms. The molecular weight excluding hydrogens is 198 g/mol. The van der Waals surface area contributed by atoms with E-state index in [0.717, 1.165) is 13.1 Å². The molecule has 1 aromatic heterocycles. The lowest BCUT2D eigenvalue weighted by molar-refractivity contribution is 0.452. The molecule has 1 aliphatic rings. The fourth-order valence-electron chi connectivity index (χ4n) is 2.64. The molecule has 16 heavy (non-hydrogen) atoms. The zero-order chi connectivity index (χ0) is 11.0. The van der Waals surface area contributed by atoms with Crippen LogP contribution < -0.4 is 5.32 Å². The second-order valence-corrected chi connectivity index (χ2v) is 4.55. The predicted molar refractivity (Wildman–Crippen MR) is 65.6 cm³/mol. The van der Waals surface area contributed by atoms with Crippen LogP contribution >= 0.6 is 0 Å². The van der Waals surface area contributed by atoms with Gasteiger partial charge in [-0.25, -0.2) is 0 Å². The minimum Gasteiger partial charge on any atom is -0.317 e. The standard InChI is InChI=1S/C13H17N3/c1-16-12-5-3-2-4-11(12)13(15-16)10-6-8-14-9-7-10/h2-5,10,14H,6-9H2,1H3. The van der Waals surface area contributed by atoms with Gasteiger partial charge in [-0.3, -0.25) is 4.68 Å². The third kappa shape index (κ3) is 1.52. The van der Waals surface area contributed by atoms with Crippen LogP contribution in [0.15, 0.2) is 24.3 Å². The van der Waals surface area contributed by atoms with Crippen LogP contribution in [-0.2, 0) is 7.05 Å². The summed E-state index contributed by atoms with van der Waals surface area (Å²) in [4.78, 5) is 0. The molecule has 2 aromatic rings. The molecule has 1 fully saturated rings. The monoisotopic (exact) mass is 215 g/mol. The van der Waals surface area contributed by atoms with E-state index in [-0.39, 0.29) is 0 Å². The summed E-state index contributed by atoms with van der Waals surface area (Å²) in [5.74, 6) is 0.632. The van der Waals surface area contributed by atoms with Crippen molar-refractivity contribution in [3.8, 4) is 0 Å².